The number of hydrogen-bond donors (Lipinski definition) is 2. The predicted octanol–water partition coefficient (Wildman–Crippen LogP) is 3.17. The molecule has 1 fully saturated rings. The number of carbonyl (C=O) groups is 2. The van der Waals surface area contributed by atoms with Gasteiger partial charge in [-0.1, -0.05) is 25.8 Å². The van der Waals surface area contributed by atoms with E-state index in [0.29, 0.717) is 16.9 Å². The first kappa shape index (κ1) is 21.3. The van der Waals surface area contributed by atoms with Gasteiger partial charge in [-0.05, 0) is 43.2 Å². The van der Waals surface area contributed by atoms with Crippen molar-refractivity contribution in [3.8, 4) is 0 Å². The summed E-state index contributed by atoms with van der Waals surface area (Å²) in [6, 6.07) is 7.81. The standard InChI is InChI=1S/C22H25N3O5S/c1-2-20(26)24-21-12-16-13-25(14-19(16)30-21)31(28,29)18-10-8-15(9-11-18)22(27)23-17-6-4-3-5-7-17/h2,8-12,17H,1,3-7,13-14H2,(H,23,27)(H,24,26). The first-order valence-electron chi connectivity index (χ1n) is 10.3. The lowest BCUT2D eigenvalue weighted by Gasteiger charge is -2.22. The molecule has 2 heterocycles. The summed E-state index contributed by atoms with van der Waals surface area (Å²) in [5.74, 6) is 0.182. The second kappa shape index (κ2) is 8.68. The van der Waals surface area contributed by atoms with Gasteiger partial charge in [0, 0.05) is 29.8 Å². The van der Waals surface area contributed by atoms with E-state index in [9.17, 15) is 18.0 Å². The molecule has 1 aromatic carbocycles. The molecule has 2 N–H and O–H groups in total. The van der Waals surface area contributed by atoms with Crippen molar-refractivity contribution in [2.24, 2.45) is 0 Å². The van der Waals surface area contributed by atoms with Crippen LogP contribution in [0.2, 0.25) is 0 Å². The molecule has 4 rings (SSSR count). The van der Waals surface area contributed by atoms with Crippen LogP contribution in [-0.2, 0) is 27.9 Å². The van der Waals surface area contributed by atoms with Crippen molar-refractivity contribution in [2.75, 3.05) is 5.32 Å². The van der Waals surface area contributed by atoms with Crippen LogP contribution in [0.1, 0.15) is 53.8 Å². The van der Waals surface area contributed by atoms with Crippen LogP contribution in [0.3, 0.4) is 0 Å². The largest absolute Gasteiger partial charge is 0.444 e. The maximum absolute atomic E-state index is 13.0. The molecule has 0 radical (unpaired) electrons. The number of nitrogens with one attached hydrogen (secondary N) is 2. The van der Waals surface area contributed by atoms with Crippen LogP contribution in [-0.4, -0.2) is 30.6 Å². The lowest BCUT2D eigenvalue weighted by Crippen LogP contribution is -2.36. The van der Waals surface area contributed by atoms with Crippen molar-refractivity contribution in [1.29, 1.82) is 0 Å². The highest BCUT2D eigenvalue weighted by molar-refractivity contribution is 7.89. The fourth-order valence-corrected chi connectivity index (χ4v) is 5.36. The molecule has 1 aliphatic carbocycles. The van der Waals surface area contributed by atoms with E-state index < -0.39 is 15.9 Å². The summed E-state index contributed by atoms with van der Waals surface area (Å²) in [6.45, 7) is 3.60. The Kier molecular flexibility index (Phi) is 5.97. The zero-order valence-corrected chi connectivity index (χ0v) is 17.9. The van der Waals surface area contributed by atoms with Gasteiger partial charge in [0.2, 0.25) is 15.9 Å². The topological polar surface area (TPSA) is 109 Å². The molecule has 2 aromatic rings. The van der Waals surface area contributed by atoms with E-state index in [-0.39, 0.29) is 35.8 Å². The van der Waals surface area contributed by atoms with Gasteiger partial charge < -0.3 is 9.73 Å². The normalized spacial score (nSPS) is 17.2. The minimum absolute atomic E-state index is 0.0749. The molecule has 0 spiro atoms. The fraction of sp³-hybridized carbons (Fsp3) is 0.364. The number of fused-ring (bicyclic) bond motifs is 1. The summed E-state index contributed by atoms with van der Waals surface area (Å²) >= 11 is 0. The maximum atomic E-state index is 13.0. The number of carbonyl (C=O) groups excluding carboxylic acids is 2. The second-order valence-electron chi connectivity index (χ2n) is 7.86. The van der Waals surface area contributed by atoms with Crippen molar-refractivity contribution in [3.63, 3.8) is 0 Å². The summed E-state index contributed by atoms with van der Waals surface area (Å²) in [7, 11) is -3.75. The average molecular weight is 444 g/mol. The molecule has 31 heavy (non-hydrogen) atoms. The van der Waals surface area contributed by atoms with E-state index in [1.54, 1.807) is 18.2 Å². The Morgan fingerprint density at radius 1 is 1.10 bits per heavy atom. The summed E-state index contributed by atoms with van der Waals surface area (Å²) < 4.78 is 32.9. The Morgan fingerprint density at radius 3 is 2.45 bits per heavy atom. The summed E-state index contributed by atoms with van der Waals surface area (Å²) in [4.78, 5) is 24.0. The zero-order valence-electron chi connectivity index (χ0n) is 17.1. The van der Waals surface area contributed by atoms with Crippen LogP contribution >= 0.6 is 0 Å². The molecule has 2 aliphatic rings. The predicted molar refractivity (Wildman–Crippen MR) is 115 cm³/mol. The number of sulfonamides is 1. The first-order valence-corrected chi connectivity index (χ1v) is 11.8. The fourth-order valence-electron chi connectivity index (χ4n) is 3.99. The van der Waals surface area contributed by atoms with Crippen LogP contribution < -0.4 is 10.6 Å². The number of benzene rings is 1. The average Bonchev–Trinajstić information content (AvgIpc) is 3.33. The molecular weight excluding hydrogens is 418 g/mol. The smallest absolute Gasteiger partial charge is 0.251 e. The summed E-state index contributed by atoms with van der Waals surface area (Å²) in [5, 5.41) is 5.56. The highest BCUT2D eigenvalue weighted by atomic mass is 32.2. The van der Waals surface area contributed by atoms with Crippen LogP contribution in [0.4, 0.5) is 5.88 Å². The van der Waals surface area contributed by atoms with Gasteiger partial charge >= 0.3 is 0 Å². The van der Waals surface area contributed by atoms with Gasteiger partial charge in [0.15, 0.2) is 5.88 Å². The van der Waals surface area contributed by atoms with Gasteiger partial charge in [0.25, 0.3) is 5.91 Å². The van der Waals surface area contributed by atoms with Crippen molar-refractivity contribution >= 4 is 27.7 Å². The highest BCUT2D eigenvalue weighted by Gasteiger charge is 2.33. The first-order chi connectivity index (χ1) is 14.9. The van der Waals surface area contributed by atoms with Crippen LogP contribution in [0, 0.1) is 0 Å². The SMILES string of the molecule is C=CC(=O)Nc1cc2c(o1)CN(S(=O)(=O)c1ccc(C(=O)NC3CCCCC3)cc1)C2. The van der Waals surface area contributed by atoms with E-state index in [4.69, 9.17) is 4.42 Å². The van der Waals surface area contributed by atoms with Crippen LogP contribution in [0.5, 0.6) is 0 Å². The molecule has 0 unspecified atom stereocenters. The highest BCUT2D eigenvalue weighted by Crippen LogP contribution is 2.32. The van der Waals surface area contributed by atoms with Gasteiger partial charge in [-0.25, -0.2) is 8.42 Å². The Labute approximate surface area is 181 Å². The minimum Gasteiger partial charge on any atom is -0.444 e. The number of hydrogen-bond acceptors (Lipinski definition) is 5. The Balaban J connectivity index is 1.41. The van der Waals surface area contributed by atoms with Gasteiger partial charge in [-0.2, -0.15) is 4.31 Å². The Morgan fingerprint density at radius 2 is 1.81 bits per heavy atom. The molecule has 1 saturated carbocycles. The van der Waals surface area contributed by atoms with E-state index in [1.807, 2.05) is 0 Å². The van der Waals surface area contributed by atoms with Crippen molar-refractivity contribution in [3.05, 3.63) is 59.9 Å². The third-order valence-electron chi connectivity index (χ3n) is 5.69. The van der Waals surface area contributed by atoms with Crippen molar-refractivity contribution < 1.29 is 22.4 Å². The Bertz CT molecular complexity index is 1080. The zero-order chi connectivity index (χ0) is 22.0. The number of anilines is 1. The minimum atomic E-state index is -3.75. The van der Waals surface area contributed by atoms with E-state index in [0.717, 1.165) is 31.8 Å². The molecule has 8 nitrogen and oxygen atoms in total. The number of furan rings is 1. The maximum Gasteiger partial charge on any atom is 0.251 e. The molecular formula is C22H25N3O5S. The molecule has 164 valence electrons. The number of rotatable bonds is 6. The van der Waals surface area contributed by atoms with E-state index in [2.05, 4.69) is 17.2 Å². The summed E-state index contributed by atoms with van der Waals surface area (Å²) in [6.07, 6.45) is 6.55. The molecule has 0 saturated heterocycles. The van der Waals surface area contributed by atoms with E-state index in [1.165, 1.54) is 22.9 Å². The quantitative estimate of drug-likeness (QED) is 0.667. The number of amides is 2. The molecule has 0 bridgehead atoms. The van der Waals surface area contributed by atoms with Gasteiger partial charge in [0.1, 0.15) is 5.76 Å². The molecule has 1 aliphatic heterocycles. The molecule has 1 aromatic heterocycles. The monoisotopic (exact) mass is 443 g/mol. The third kappa shape index (κ3) is 4.57. The van der Waals surface area contributed by atoms with Crippen molar-refractivity contribution in [2.45, 2.75) is 56.1 Å². The molecule has 9 heteroatoms. The third-order valence-corrected chi connectivity index (χ3v) is 7.50. The van der Waals surface area contributed by atoms with Crippen LogP contribution in [0.15, 0.2) is 52.3 Å². The van der Waals surface area contributed by atoms with E-state index >= 15 is 0 Å². The lowest BCUT2D eigenvalue weighted by molar-refractivity contribution is -0.112. The second-order valence-corrected chi connectivity index (χ2v) is 9.80. The van der Waals surface area contributed by atoms with Gasteiger partial charge in [-0.3, -0.25) is 14.9 Å². The summed E-state index contributed by atoms with van der Waals surface area (Å²) in [5.41, 5.74) is 1.15. The van der Waals surface area contributed by atoms with Gasteiger partial charge in [-0.15, -0.1) is 0 Å². The molecule has 2 amide bonds. The van der Waals surface area contributed by atoms with Gasteiger partial charge in [0.05, 0.1) is 11.4 Å². The number of nitrogens with zero attached hydrogens (tertiary/aromatic N) is 1. The van der Waals surface area contributed by atoms with Crippen LogP contribution in [0.25, 0.3) is 0 Å². The van der Waals surface area contributed by atoms with Crippen molar-refractivity contribution in [1.82, 2.24) is 9.62 Å². The molecule has 0 atom stereocenters. The lowest BCUT2D eigenvalue weighted by atomic mass is 9.95. The Hall–Kier alpha value is -2.91.